The van der Waals surface area contributed by atoms with Crippen molar-refractivity contribution >= 4 is 27.3 Å². The second-order valence-electron chi connectivity index (χ2n) is 4.61. The second-order valence-corrected chi connectivity index (χ2v) is 7.00. The molecule has 19 heavy (non-hydrogen) atoms. The Bertz CT molecular complexity index is 614. The fraction of sp³-hybridized carbons (Fsp3) is 0.417. The van der Waals surface area contributed by atoms with Gasteiger partial charge in [0.1, 0.15) is 0 Å². The van der Waals surface area contributed by atoms with Crippen molar-refractivity contribution in [1.82, 2.24) is 4.90 Å². The third-order valence-electron chi connectivity index (χ3n) is 3.03. The van der Waals surface area contributed by atoms with Crippen LogP contribution in [0.1, 0.15) is 16.8 Å². The number of carbonyl (C=O) groups excluding carboxylic acids is 1. The van der Waals surface area contributed by atoms with E-state index in [4.69, 9.17) is 11.6 Å². The van der Waals surface area contributed by atoms with Gasteiger partial charge in [0.15, 0.2) is 9.84 Å². The summed E-state index contributed by atoms with van der Waals surface area (Å²) < 4.78 is 23.1. The Labute approximate surface area is 116 Å². The van der Waals surface area contributed by atoms with E-state index in [2.05, 4.69) is 0 Å². The van der Waals surface area contributed by atoms with Crippen LogP contribution in [0.4, 0.5) is 0 Å². The number of amides is 1. The summed E-state index contributed by atoms with van der Waals surface area (Å²) in [5, 5.41) is 9.51. The summed E-state index contributed by atoms with van der Waals surface area (Å²) in [6.07, 6.45) is 1.07. The van der Waals surface area contributed by atoms with Crippen molar-refractivity contribution < 1.29 is 18.3 Å². The molecule has 1 aromatic rings. The van der Waals surface area contributed by atoms with Gasteiger partial charge in [-0.05, 0) is 24.6 Å². The lowest BCUT2D eigenvalue weighted by Crippen LogP contribution is -2.29. The molecule has 1 heterocycles. The molecule has 5 nitrogen and oxygen atoms in total. The van der Waals surface area contributed by atoms with Crippen molar-refractivity contribution in [3.05, 3.63) is 28.8 Å². The first kappa shape index (κ1) is 14.3. The summed E-state index contributed by atoms with van der Waals surface area (Å²) in [6, 6.07) is 4.17. The molecular formula is C12H14ClNO4S. The first-order valence-electron chi connectivity index (χ1n) is 5.76. The summed E-state index contributed by atoms with van der Waals surface area (Å²) in [6.45, 7) is 0.743. The third-order valence-corrected chi connectivity index (χ3v) is 4.61. The maximum Gasteiger partial charge on any atom is 0.253 e. The number of hydrogen-bond donors (Lipinski definition) is 1. The fourth-order valence-corrected chi connectivity index (χ4v) is 3.33. The standard InChI is InChI=1S/C12H14ClNO4S/c1-19(17,18)11-6-8(2-3-10(11)13)12(16)14-5-4-9(15)7-14/h2-3,6,9,15H,4-5,7H2,1H3/t9-/m0/s1. The topological polar surface area (TPSA) is 74.7 Å². The van der Waals surface area contributed by atoms with E-state index < -0.39 is 15.9 Å². The first-order chi connectivity index (χ1) is 8.79. The first-order valence-corrected chi connectivity index (χ1v) is 8.03. The van der Waals surface area contributed by atoms with Crippen molar-refractivity contribution in [3.8, 4) is 0 Å². The van der Waals surface area contributed by atoms with Crippen molar-refractivity contribution in [2.45, 2.75) is 17.4 Å². The maximum atomic E-state index is 12.2. The van der Waals surface area contributed by atoms with Crippen LogP contribution in [0.15, 0.2) is 23.1 Å². The van der Waals surface area contributed by atoms with Gasteiger partial charge in [0.05, 0.1) is 16.0 Å². The molecule has 1 aromatic carbocycles. The predicted molar refractivity (Wildman–Crippen MR) is 71.1 cm³/mol. The number of β-amino-alcohol motifs (C(OH)–C–C–N with tert-alkyl or cyclic N) is 1. The molecule has 7 heteroatoms. The van der Waals surface area contributed by atoms with Gasteiger partial charge < -0.3 is 10.0 Å². The molecule has 1 aliphatic rings. The van der Waals surface area contributed by atoms with Crippen LogP contribution in [0.2, 0.25) is 5.02 Å². The van der Waals surface area contributed by atoms with Crippen LogP contribution in [0.25, 0.3) is 0 Å². The molecule has 1 N–H and O–H groups in total. The van der Waals surface area contributed by atoms with E-state index in [9.17, 15) is 18.3 Å². The average Bonchev–Trinajstić information content (AvgIpc) is 2.74. The highest BCUT2D eigenvalue weighted by Crippen LogP contribution is 2.24. The Kier molecular flexibility index (Phi) is 3.85. The predicted octanol–water partition coefficient (Wildman–Crippen LogP) is 0.950. The Morgan fingerprint density at radius 3 is 2.68 bits per heavy atom. The molecule has 0 bridgehead atoms. The van der Waals surface area contributed by atoms with E-state index >= 15 is 0 Å². The van der Waals surface area contributed by atoms with E-state index in [-0.39, 0.29) is 27.9 Å². The van der Waals surface area contributed by atoms with Crippen molar-refractivity contribution in [2.24, 2.45) is 0 Å². The zero-order valence-corrected chi connectivity index (χ0v) is 11.9. The highest BCUT2D eigenvalue weighted by Gasteiger charge is 2.26. The van der Waals surface area contributed by atoms with Crippen LogP contribution in [0, 0.1) is 0 Å². The van der Waals surface area contributed by atoms with Crippen LogP contribution < -0.4 is 0 Å². The summed E-state index contributed by atoms with van der Waals surface area (Å²) in [5.74, 6) is -0.293. The number of benzene rings is 1. The summed E-state index contributed by atoms with van der Waals surface area (Å²) in [7, 11) is -3.48. The minimum atomic E-state index is -3.48. The molecule has 2 rings (SSSR count). The monoisotopic (exact) mass is 303 g/mol. The molecule has 1 aliphatic heterocycles. The third kappa shape index (κ3) is 3.08. The summed E-state index contributed by atoms with van der Waals surface area (Å²) in [5.41, 5.74) is 0.263. The quantitative estimate of drug-likeness (QED) is 0.883. The van der Waals surface area contributed by atoms with Gasteiger partial charge in [-0.3, -0.25) is 4.79 Å². The van der Waals surface area contributed by atoms with Gasteiger partial charge in [-0.15, -0.1) is 0 Å². The zero-order chi connectivity index (χ0) is 14.2. The van der Waals surface area contributed by atoms with Crippen LogP contribution in [0.5, 0.6) is 0 Å². The molecule has 0 saturated carbocycles. The summed E-state index contributed by atoms with van der Waals surface area (Å²) >= 11 is 5.82. The van der Waals surface area contributed by atoms with Crippen molar-refractivity contribution in [1.29, 1.82) is 0 Å². The Morgan fingerprint density at radius 2 is 2.16 bits per heavy atom. The largest absolute Gasteiger partial charge is 0.391 e. The minimum Gasteiger partial charge on any atom is -0.391 e. The molecule has 1 fully saturated rings. The Morgan fingerprint density at radius 1 is 1.47 bits per heavy atom. The fourth-order valence-electron chi connectivity index (χ4n) is 2.03. The highest BCUT2D eigenvalue weighted by molar-refractivity contribution is 7.90. The van der Waals surface area contributed by atoms with Gasteiger partial charge in [-0.2, -0.15) is 0 Å². The number of carbonyl (C=O) groups is 1. The van der Waals surface area contributed by atoms with Crippen LogP contribution in [0.3, 0.4) is 0 Å². The molecule has 1 amide bonds. The molecule has 0 unspecified atom stereocenters. The second kappa shape index (κ2) is 5.11. The van der Waals surface area contributed by atoms with Crippen LogP contribution >= 0.6 is 11.6 Å². The molecule has 104 valence electrons. The number of halogens is 1. The number of nitrogens with zero attached hydrogens (tertiary/aromatic N) is 1. The number of aliphatic hydroxyl groups is 1. The van der Waals surface area contributed by atoms with E-state index in [1.54, 1.807) is 0 Å². The summed E-state index contributed by atoms with van der Waals surface area (Å²) in [4.78, 5) is 13.6. The van der Waals surface area contributed by atoms with Gasteiger partial charge >= 0.3 is 0 Å². The van der Waals surface area contributed by atoms with E-state index in [1.807, 2.05) is 0 Å². The highest BCUT2D eigenvalue weighted by atomic mass is 35.5. The van der Waals surface area contributed by atoms with Gasteiger partial charge in [0.2, 0.25) is 0 Å². The number of hydrogen-bond acceptors (Lipinski definition) is 4. The molecular weight excluding hydrogens is 290 g/mol. The molecule has 1 saturated heterocycles. The Hall–Kier alpha value is -1.11. The number of aliphatic hydroxyl groups excluding tert-OH is 1. The number of likely N-dealkylation sites (tertiary alicyclic amines) is 1. The van der Waals surface area contributed by atoms with Gasteiger partial charge in [0, 0.05) is 24.9 Å². The normalized spacial score (nSPS) is 19.7. The molecule has 1 atom stereocenters. The van der Waals surface area contributed by atoms with E-state index in [0.29, 0.717) is 13.0 Å². The smallest absolute Gasteiger partial charge is 0.253 e. The SMILES string of the molecule is CS(=O)(=O)c1cc(C(=O)N2CC[C@H](O)C2)ccc1Cl. The van der Waals surface area contributed by atoms with Crippen LogP contribution in [-0.4, -0.2) is 49.8 Å². The van der Waals surface area contributed by atoms with Crippen molar-refractivity contribution in [3.63, 3.8) is 0 Å². The number of sulfone groups is 1. The zero-order valence-electron chi connectivity index (χ0n) is 10.3. The lowest BCUT2D eigenvalue weighted by Gasteiger charge is -2.16. The van der Waals surface area contributed by atoms with E-state index in [1.165, 1.54) is 23.1 Å². The maximum absolute atomic E-state index is 12.2. The minimum absolute atomic E-state index is 0.0558. The van der Waals surface area contributed by atoms with E-state index in [0.717, 1.165) is 6.26 Å². The molecule has 0 aromatic heterocycles. The van der Waals surface area contributed by atoms with Gasteiger partial charge in [-0.25, -0.2) is 8.42 Å². The molecule has 0 spiro atoms. The van der Waals surface area contributed by atoms with Gasteiger partial charge in [0.25, 0.3) is 5.91 Å². The van der Waals surface area contributed by atoms with Crippen molar-refractivity contribution in [2.75, 3.05) is 19.3 Å². The average molecular weight is 304 g/mol. The van der Waals surface area contributed by atoms with Gasteiger partial charge in [-0.1, -0.05) is 11.6 Å². The van der Waals surface area contributed by atoms with Crippen LogP contribution in [-0.2, 0) is 9.84 Å². The molecule has 0 radical (unpaired) electrons. The lowest BCUT2D eigenvalue weighted by molar-refractivity contribution is 0.0764. The number of rotatable bonds is 2. The molecule has 0 aliphatic carbocycles. The Balaban J connectivity index is 2.34. The lowest BCUT2D eigenvalue weighted by atomic mass is 10.2.